The van der Waals surface area contributed by atoms with Crippen molar-refractivity contribution in [3.63, 3.8) is 0 Å². The summed E-state index contributed by atoms with van der Waals surface area (Å²) < 4.78 is 24.6. The minimum Gasteiger partial charge on any atom is -0.383 e. The Kier molecular flexibility index (Phi) is 9.96. The number of methoxy groups -OCH3 is 1. The van der Waals surface area contributed by atoms with Gasteiger partial charge in [0, 0.05) is 40.3 Å². The fourth-order valence-corrected chi connectivity index (χ4v) is 2.40. The Hall–Kier alpha value is -1.13. The first kappa shape index (κ1) is 20.9. The maximum absolute atomic E-state index is 14.3. The van der Waals surface area contributed by atoms with Crippen LogP contribution in [0.25, 0.3) is 0 Å². The number of halogens is 2. The van der Waals surface area contributed by atoms with Crippen LogP contribution in [0.5, 0.6) is 0 Å². The van der Waals surface area contributed by atoms with Crippen LogP contribution in [0.2, 0.25) is 0 Å². The minimum absolute atomic E-state index is 0. The highest BCUT2D eigenvalue weighted by molar-refractivity contribution is 14.0. The molecule has 6 nitrogen and oxygen atoms in total. The molecule has 2 rings (SSSR count). The third-order valence-corrected chi connectivity index (χ3v) is 3.65. The normalized spacial score (nSPS) is 15.0. The van der Waals surface area contributed by atoms with Crippen LogP contribution >= 0.6 is 24.0 Å². The average molecular weight is 452 g/mol. The number of nitrogens with zero attached hydrogens (tertiary/aromatic N) is 2. The number of benzene rings is 1. The van der Waals surface area contributed by atoms with Crippen LogP contribution in [-0.4, -0.2) is 59.6 Å². The number of rotatable bonds is 6. The van der Waals surface area contributed by atoms with Crippen molar-refractivity contribution >= 4 is 35.6 Å². The number of anilines is 1. The van der Waals surface area contributed by atoms with Crippen molar-refractivity contribution in [2.75, 3.05) is 58.5 Å². The summed E-state index contributed by atoms with van der Waals surface area (Å²) in [6, 6.07) is 5.34. The van der Waals surface area contributed by atoms with Gasteiger partial charge in [0.1, 0.15) is 5.82 Å². The number of guanidine groups is 1. The Balaban J connectivity index is 0.00000288. The molecule has 1 aliphatic rings. The Labute approximate surface area is 159 Å². The molecule has 0 aromatic heterocycles. The van der Waals surface area contributed by atoms with E-state index in [0.29, 0.717) is 44.6 Å². The van der Waals surface area contributed by atoms with Gasteiger partial charge in [-0.2, -0.15) is 0 Å². The van der Waals surface area contributed by atoms with Crippen molar-refractivity contribution in [2.45, 2.75) is 6.54 Å². The quantitative estimate of drug-likeness (QED) is 0.297. The molecule has 1 aromatic carbocycles. The molecule has 0 spiro atoms. The molecule has 0 aliphatic carbocycles. The lowest BCUT2D eigenvalue weighted by molar-refractivity contribution is 0.122. The van der Waals surface area contributed by atoms with Gasteiger partial charge in [-0.15, -0.1) is 24.0 Å². The summed E-state index contributed by atoms with van der Waals surface area (Å²) in [6.07, 6.45) is 0. The van der Waals surface area contributed by atoms with Crippen molar-refractivity contribution in [3.05, 3.63) is 29.6 Å². The van der Waals surface area contributed by atoms with Crippen molar-refractivity contribution < 1.29 is 13.9 Å². The van der Waals surface area contributed by atoms with Crippen LogP contribution in [0.1, 0.15) is 5.56 Å². The van der Waals surface area contributed by atoms with Crippen LogP contribution in [0.3, 0.4) is 0 Å². The summed E-state index contributed by atoms with van der Waals surface area (Å²) in [5.74, 6) is 0.466. The first-order valence-electron chi connectivity index (χ1n) is 7.79. The van der Waals surface area contributed by atoms with E-state index in [4.69, 9.17) is 9.47 Å². The van der Waals surface area contributed by atoms with Gasteiger partial charge >= 0.3 is 0 Å². The highest BCUT2D eigenvalue weighted by Gasteiger charge is 2.15. The fraction of sp³-hybridized carbons (Fsp3) is 0.562. The molecule has 1 heterocycles. The fourth-order valence-electron chi connectivity index (χ4n) is 2.40. The third kappa shape index (κ3) is 6.40. The maximum Gasteiger partial charge on any atom is 0.191 e. The Bertz CT molecular complexity index is 525. The number of morpholine rings is 1. The lowest BCUT2D eigenvalue weighted by Gasteiger charge is -2.29. The van der Waals surface area contributed by atoms with Gasteiger partial charge in [0.2, 0.25) is 0 Å². The van der Waals surface area contributed by atoms with E-state index >= 15 is 0 Å². The largest absolute Gasteiger partial charge is 0.383 e. The van der Waals surface area contributed by atoms with E-state index in [2.05, 4.69) is 15.6 Å². The molecule has 0 saturated carbocycles. The zero-order chi connectivity index (χ0) is 16.5. The van der Waals surface area contributed by atoms with E-state index < -0.39 is 0 Å². The Morgan fingerprint density at radius 3 is 2.71 bits per heavy atom. The molecule has 24 heavy (non-hydrogen) atoms. The lowest BCUT2D eigenvalue weighted by Crippen LogP contribution is -2.38. The second-order valence-corrected chi connectivity index (χ2v) is 5.23. The Morgan fingerprint density at radius 1 is 1.33 bits per heavy atom. The van der Waals surface area contributed by atoms with Crippen molar-refractivity contribution in [3.8, 4) is 0 Å². The molecular weight excluding hydrogens is 426 g/mol. The molecule has 136 valence electrons. The highest BCUT2D eigenvalue weighted by Crippen LogP contribution is 2.21. The zero-order valence-corrected chi connectivity index (χ0v) is 16.5. The number of nitrogens with one attached hydrogen (secondary N) is 2. The van der Waals surface area contributed by atoms with Gasteiger partial charge in [-0.25, -0.2) is 4.39 Å². The molecule has 0 atom stereocenters. The molecule has 0 unspecified atom stereocenters. The smallest absolute Gasteiger partial charge is 0.191 e. The number of hydrogen-bond acceptors (Lipinski definition) is 4. The molecule has 0 radical (unpaired) electrons. The summed E-state index contributed by atoms with van der Waals surface area (Å²) >= 11 is 0. The maximum atomic E-state index is 14.3. The summed E-state index contributed by atoms with van der Waals surface area (Å²) in [6.45, 7) is 4.52. The van der Waals surface area contributed by atoms with Gasteiger partial charge < -0.3 is 25.0 Å². The van der Waals surface area contributed by atoms with Gasteiger partial charge in [0.05, 0.1) is 25.5 Å². The monoisotopic (exact) mass is 452 g/mol. The molecule has 2 N–H and O–H groups in total. The van der Waals surface area contributed by atoms with Gasteiger partial charge in [-0.1, -0.05) is 6.07 Å². The predicted octanol–water partition coefficient (Wildman–Crippen LogP) is 1.59. The Morgan fingerprint density at radius 2 is 2.08 bits per heavy atom. The summed E-state index contributed by atoms with van der Waals surface area (Å²) in [7, 11) is 3.35. The van der Waals surface area contributed by atoms with Gasteiger partial charge in [-0.05, 0) is 17.7 Å². The molecule has 0 amide bonds. The van der Waals surface area contributed by atoms with E-state index in [1.807, 2.05) is 17.0 Å². The molecule has 8 heteroatoms. The zero-order valence-electron chi connectivity index (χ0n) is 14.2. The third-order valence-electron chi connectivity index (χ3n) is 3.65. The van der Waals surface area contributed by atoms with Gasteiger partial charge in [0.25, 0.3) is 0 Å². The second-order valence-electron chi connectivity index (χ2n) is 5.23. The first-order valence-corrected chi connectivity index (χ1v) is 7.79. The van der Waals surface area contributed by atoms with Crippen LogP contribution in [-0.2, 0) is 16.0 Å². The van der Waals surface area contributed by atoms with E-state index in [-0.39, 0.29) is 29.8 Å². The predicted molar refractivity (Wildman–Crippen MR) is 105 cm³/mol. The molecule has 1 fully saturated rings. The SMILES string of the molecule is CN=C(NCCOC)NCc1ccc(N2CCOCC2)c(F)c1.I. The molecule has 1 aromatic rings. The van der Waals surface area contributed by atoms with E-state index in [1.54, 1.807) is 20.2 Å². The molecule has 1 saturated heterocycles. The standard InChI is InChI=1S/C16H25FN4O2.HI/c1-18-16(19-5-8-22-2)20-12-13-3-4-15(14(17)11-13)21-6-9-23-10-7-21;/h3-4,11H,5-10,12H2,1-2H3,(H2,18,19,20);1H. The molecular formula is C16H26FIN4O2. The molecule has 1 aliphatic heterocycles. The summed E-state index contributed by atoms with van der Waals surface area (Å²) in [5.41, 5.74) is 1.51. The van der Waals surface area contributed by atoms with Crippen molar-refractivity contribution in [1.82, 2.24) is 10.6 Å². The van der Waals surface area contributed by atoms with Crippen LogP contribution in [0, 0.1) is 5.82 Å². The van der Waals surface area contributed by atoms with Gasteiger partial charge in [0.15, 0.2) is 5.96 Å². The second kappa shape index (κ2) is 11.4. The van der Waals surface area contributed by atoms with Crippen LogP contribution in [0.15, 0.2) is 23.2 Å². The van der Waals surface area contributed by atoms with E-state index in [1.165, 1.54) is 0 Å². The average Bonchev–Trinajstić information content (AvgIpc) is 2.59. The van der Waals surface area contributed by atoms with Gasteiger partial charge in [-0.3, -0.25) is 4.99 Å². The number of aliphatic imine (C=N–C) groups is 1. The van der Waals surface area contributed by atoms with E-state index in [9.17, 15) is 4.39 Å². The highest BCUT2D eigenvalue weighted by atomic mass is 127. The van der Waals surface area contributed by atoms with E-state index in [0.717, 1.165) is 18.7 Å². The first-order chi connectivity index (χ1) is 11.2. The lowest BCUT2D eigenvalue weighted by atomic mass is 10.1. The number of hydrogen-bond donors (Lipinski definition) is 2. The topological polar surface area (TPSA) is 58.1 Å². The number of ether oxygens (including phenoxy) is 2. The minimum atomic E-state index is -0.200. The van der Waals surface area contributed by atoms with Crippen molar-refractivity contribution in [2.24, 2.45) is 4.99 Å². The molecule has 0 bridgehead atoms. The van der Waals surface area contributed by atoms with Crippen LogP contribution < -0.4 is 15.5 Å². The van der Waals surface area contributed by atoms with Crippen LogP contribution in [0.4, 0.5) is 10.1 Å². The summed E-state index contributed by atoms with van der Waals surface area (Å²) in [5, 5.41) is 6.27. The summed E-state index contributed by atoms with van der Waals surface area (Å²) in [4.78, 5) is 6.13. The van der Waals surface area contributed by atoms with Crippen molar-refractivity contribution in [1.29, 1.82) is 0 Å².